The fraction of sp³-hybridized carbons (Fsp3) is 0.167. The Hall–Kier alpha value is -3.85. The molecule has 0 fully saturated rings. The van der Waals surface area contributed by atoms with E-state index >= 15 is 0 Å². The molecule has 3 nitrogen and oxygen atoms in total. The number of ether oxygens (including phenoxy) is 2. The Labute approximate surface area is 195 Å². The summed E-state index contributed by atoms with van der Waals surface area (Å²) in [5.41, 5.74) is 6.89. The molecule has 0 atom stereocenters. The second-order valence-corrected chi connectivity index (χ2v) is 7.94. The van der Waals surface area contributed by atoms with E-state index in [-0.39, 0.29) is 5.97 Å². The maximum atomic E-state index is 11.5. The normalized spacial score (nSPS) is 10.6. The minimum absolute atomic E-state index is 0.165. The highest BCUT2D eigenvalue weighted by molar-refractivity contribution is 5.77. The lowest BCUT2D eigenvalue weighted by Crippen LogP contribution is -2.01. The third-order valence-corrected chi connectivity index (χ3v) is 5.68. The van der Waals surface area contributed by atoms with Crippen LogP contribution in [0.4, 0.5) is 0 Å². The van der Waals surface area contributed by atoms with Crippen LogP contribution in [0.25, 0.3) is 22.3 Å². The Morgan fingerprint density at radius 3 is 2.18 bits per heavy atom. The van der Waals surface area contributed by atoms with Crippen molar-refractivity contribution in [2.24, 2.45) is 0 Å². The number of hydrogen-bond donors (Lipinski definition) is 0. The van der Waals surface area contributed by atoms with Crippen molar-refractivity contribution in [3.63, 3.8) is 0 Å². The van der Waals surface area contributed by atoms with Crippen LogP contribution in [-0.2, 0) is 22.6 Å². The first-order valence-electron chi connectivity index (χ1n) is 11.3. The quantitative estimate of drug-likeness (QED) is 0.263. The summed E-state index contributed by atoms with van der Waals surface area (Å²) in [6, 6.07) is 35.3. The van der Waals surface area contributed by atoms with E-state index in [1.807, 2.05) is 42.5 Å². The Kier molecular flexibility index (Phi) is 7.55. The lowest BCUT2D eigenvalue weighted by atomic mass is 9.93. The minimum Gasteiger partial charge on any atom is -0.488 e. The van der Waals surface area contributed by atoms with Crippen molar-refractivity contribution in [2.75, 3.05) is 7.11 Å². The Balaban J connectivity index is 1.58. The summed E-state index contributed by atoms with van der Waals surface area (Å²) in [6.45, 7) is 0.528. The number of methoxy groups -OCH3 is 1. The van der Waals surface area contributed by atoms with Gasteiger partial charge in [-0.15, -0.1) is 0 Å². The van der Waals surface area contributed by atoms with Gasteiger partial charge in [-0.1, -0.05) is 91.0 Å². The highest BCUT2D eigenvalue weighted by Crippen LogP contribution is 2.34. The molecule has 0 bridgehead atoms. The van der Waals surface area contributed by atoms with E-state index in [1.165, 1.54) is 18.2 Å². The average molecular weight is 437 g/mol. The van der Waals surface area contributed by atoms with Gasteiger partial charge in [0.05, 0.1) is 7.11 Å². The summed E-state index contributed by atoms with van der Waals surface area (Å²) in [7, 11) is 1.43. The van der Waals surface area contributed by atoms with Gasteiger partial charge in [0.15, 0.2) is 0 Å². The third-order valence-electron chi connectivity index (χ3n) is 5.68. The molecule has 33 heavy (non-hydrogen) atoms. The SMILES string of the molecule is COC(=O)CCCc1ccccc1-c1cccc(-c2ccccc2OCc2ccccc2)c1. The van der Waals surface area contributed by atoms with Gasteiger partial charge in [-0.25, -0.2) is 0 Å². The fourth-order valence-corrected chi connectivity index (χ4v) is 3.97. The zero-order valence-electron chi connectivity index (χ0n) is 18.9. The Morgan fingerprint density at radius 2 is 1.39 bits per heavy atom. The van der Waals surface area contributed by atoms with Crippen LogP contribution in [0, 0.1) is 0 Å². The molecule has 0 aromatic heterocycles. The molecule has 0 spiro atoms. The highest BCUT2D eigenvalue weighted by Gasteiger charge is 2.10. The monoisotopic (exact) mass is 436 g/mol. The zero-order valence-corrected chi connectivity index (χ0v) is 18.9. The van der Waals surface area contributed by atoms with Crippen LogP contribution in [0.15, 0.2) is 103 Å². The zero-order chi connectivity index (χ0) is 22.9. The molecule has 0 aliphatic rings. The number of hydrogen-bond acceptors (Lipinski definition) is 3. The molecule has 4 aromatic carbocycles. The predicted octanol–water partition coefficient (Wildman–Crippen LogP) is 7.10. The van der Waals surface area contributed by atoms with Gasteiger partial charge in [-0.3, -0.25) is 4.79 Å². The van der Waals surface area contributed by atoms with Crippen molar-refractivity contribution in [2.45, 2.75) is 25.9 Å². The Morgan fingerprint density at radius 1 is 0.727 bits per heavy atom. The second-order valence-electron chi connectivity index (χ2n) is 7.94. The maximum absolute atomic E-state index is 11.5. The highest BCUT2D eigenvalue weighted by atomic mass is 16.5. The van der Waals surface area contributed by atoms with Gasteiger partial charge in [0.25, 0.3) is 0 Å². The van der Waals surface area contributed by atoms with Crippen molar-refractivity contribution >= 4 is 5.97 Å². The van der Waals surface area contributed by atoms with Crippen LogP contribution in [0.3, 0.4) is 0 Å². The summed E-state index contributed by atoms with van der Waals surface area (Å²) in [4.78, 5) is 11.5. The van der Waals surface area contributed by atoms with Crippen LogP contribution in [0.2, 0.25) is 0 Å². The van der Waals surface area contributed by atoms with Crippen LogP contribution in [0.5, 0.6) is 5.75 Å². The fourth-order valence-electron chi connectivity index (χ4n) is 3.97. The standard InChI is InChI=1S/C30H28O3/c1-32-30(31)20-10-14-24-13-5-6-17-27(24)25-15-9-16-26(21-25)28-18-7-8-19-29(28)33-22-23-11-3-2-4-12-23/h2-9,11-13,15-19,21H,10,14,20,22H2,1H3. The number of benzene rings is 4. The van der Waals surface area contributed by atoms with Crippen LogP contribution in [0.1, 0.15) is 24.0 Å². The molecule has 0 unspecified atom stereocenters. The number of rotatable bonds is 9. The minimum atomic E-state index is -0.165. The number of para-hydroxylation sites is 1. The van der Waals surface area contributed by atoms with Crippen LogP contribution in [-0.4, -0.2) is 13.1 Å². The summed E-state index contributed by atoms with van der Waals surface area (Å²) in [5.74, 6) is 0.700. The number of carbonyl (C=O) groups is 1. The molecular formula is C30H28O3. The molecule has 4 rings (SSSR count). The van der Waals surface area contributed by atoms with Crippen molar-refractivity contribution in [3.05, 3.63) is 114 Å². The molecule has 0 heterocycles. The van der Waals surface area contributed by atoms with E-state index in [0.717, 1.165) is 40.8 Å². The molecule has 0 saturated carbocycles. The molecule has 0 saturated heterocycles. The lowest BCUT2D eigenvalue weighted by molar-refractivity contribution is -0.140. The van der Waals surface area contributed by atoms with Gasteiger partial charge in [-0.2, -0.15) is 0 Å². The summed E-state index contributed by atoms with van der Waals surface area (Å²) in [5, 5.41) is 0. The van der Waals surface area contributed by atoms with Gasteiger partial charge < -0.3 is 9.47 Å². The van der Waals surface area contributed by atoms with E-state index in [1.54, 1.807) is 0 Å². The topological polar surface area (TPSA) is 35.5 Å². The van der Waals surface area contributed by atoms with Crippen LogP contribution < -0.4 is 4.74 Å². The molecule has 166 valence electrons. The van der Waals surface area contributed by atoms with E-state index in [4.69, 9.17) is 9.47 Å². The summed E-state index contributed by atoms with van der Waals surface area (Å²) in [6.07, 6.45) is 2.02. The summed E-state index contributed by atoms with van der Waals surface area (Å²) >= 11 is 0. The smallest absolute Gasteiger partial charge is 0.305 e. The van der Waals surface area contributed by atoms with Crippen LogP contribution >= 0.6 is 0 Å². The predicted molar refractivity (Wildman–Crippen MR) is 133 cm³/mol. The van der Waals surface area contributed by atoms with E-state index in [2.05, 4.69) is 60.7 Å². The average Bonchev–Trinajstić information content (AvgIpc) is 2.88. The molecule has 0 N–H and O–H groups in total. The number of esters is 1. The van der Waals surface area contributed by atoms with Crippen molar-refractivity contribution in [1.82, 2.24) is 0 Å². The summed E-state index contributed by atoms with van der Waals surface area (Å²) < 4.78 is 11.0. The van der Waals surface area contributed by atoms with Crippen molar-refractivity contribution < 1.29 is 14.3 Å². The van der Waals surface area contributed by atoms with Crippen molar-refractivity contribution in [1.29, 1.82) is 0 Å². The molecule has 0 amide bonds. The first-order chi connectivity index (χ1) is 16.2. The molecular weight excluding hydrogens is 408 g/mol. The number of aryl methyl sites for hydroxylation is 1. The Bertz CT molecular complexity index is 1200. The first kappa shape index (κ1) is 22.3. The molecule has 0 aliphatic heterocycles. The van der Waals surface area contributed by atoms with Crippen molar-refractivity contribution in [3.8, 4) is 28.0 Å². The van der Waals surface area contributed by atoms with E-state index in [0.29, 0.717) is 13.0 Å². The third kappa shape index (κ3) is 5.89. The van der Waals surface area contributed by atoms with E-state index in [9.17, 15) is 4.79 Å². The molecule has 0 radical (unpaired) electrons. The molecule has 4 aromatic rings. The van der Waals surface area contributed by atoms with E-state index < -0.39 is 0 Å². The largest absolute Gasteiger partial charge is 0.488 e. The first-order valence-corrected chi connectivity index (χ1v) is 11.3. The number of carbonyl (C=O) groups excluding carboxylic acids is 1. The van der Waals surface area contributed by atoms with Gasteiger partial charge >= 0.3 is 5.97 Å². The van der Waals surface area contributed by atoms with Gasteiger partial charge in [0.1, 0.15) is 12.4 Å². The van der Waals surface area contributed by atoms with Gasteiger partial charge in [-0.05, 0) is 52.8 Å². The molecule has 3 heteroatoms. The maximum Gasteiger partial charge on any atom is 0.305 e. The second kappa shape index (κ2) is 11.1. The lowest BCUT2D eigenvalue weighted by Gasteiger charge is -2.14. The molecule has 0 aliphatic carbocycles. The van der Waals surface area contributed by atoms with Gasteiger partial charge in [0, 0.05) is 12.0 Å². The van der Waals surface area contributed by atoms with Gasteiger partial charge in [0.2, 0.25) is 0 Å².